The van der Waals surface area contributed by atoms with Gasteiger partial charge in [-0.25, -0.2) is 29.6 Å². The predicted octanol–water partition coefficient (Wildman–Crippen LogP) is 2.43. The largest absolute Gasteiger partial charge is 0.496 e. The fourth-order valence-electron chi connectivity index (χ4n) is 4.40. The Morgan fingerprint density at radius 3 is 2.84 bits per heavy atom. The normalized spacial score (nSPS) is 24.5. The molecule has 0 aliphatic carbocycles. The third-order valence-electron chi connectivity index (χ3n) is 6.00. The molecule has 10 heteroatoms. The van der Waals surface area contributed by atoms with Crippen molar-refractivity contribution in [3.8, 4) is 5.75 Å². The molecule has 5 rings (SSSR count). The van der Waals surface area contributed by atoms with Crippen molar-refractivity contribution in [3.63, 3.8) is 0 Å². The van der Waals surface area contributed by atoms with Crippen molar-refractivity contribution in [2.45, 2.75) is 37.3 Å². The van der Waals surface area contributed by atoms with Crippen molar-refractivity contribution in [2.24, 2.45) is 0 Å². The zero-order valence-electron chi connectivity index (χ0n) is 17.1. The summed E-state index contributed by atoms with van der Waals surface area (Å²) in [7, 11) is 1.44. The Bertz CT molecular complexity index is 1070. The number of rotatable bonds is 5. The van der Waals surface area contributed by atoms with Gasteiger partial charge in [-0.1, -0.05) is 6.07 Å². The summed E-state index contributed by atoms with van der Waals surface area (Å²) in [5, 5.41) is 6.41. The number of piperidine rings is 1. The van der Waals surface area contributed by atoms with Crippen LogP contribution in [0.5, 0.6) is 5.75 Å². The summed E-state index contributed by atoms with van der Waals surface area (Å²) in [6, 6.07) is 5.83. The lowest BCUT2D eigenvalue weighted by molar-refractivity contribution is 0.278. The third-order valence-corrected chi connectivity index (χ3v) is 6.00. The monoisotopic (exact) mass is 429 g/mol. The molecule has 4 heterocycles. The van der Waals surface area contributed by atoms with Gasteiger partial charge in [0.15, 0.2) is 11.8 Å². The molecule has 164 valence electrons. The molecule has 2 fully saturated rings. The van der Waals surface area contributed by atoms with Gasteiger partial charge in [0.25, 0.3) is 0 Å². The Kier molecular flexibility index (Phi) is 5.43. The topological polar surface area (TPSA) is 88.1 Å². The van der Waals surface area contributed by atoms with Gasteiger partial charge >= 0.3 is 0 Å². The van der Waals surface area contributed by atoms with Crippen LogP contribution in [0.25, 0.3) is 11.2 Å². The molecule has 0 radical (unpaired) electrons. The van der Waals surface area contributed by atoms with Gasteiger partial charge in [0, 0.05) is 12.2 Å². The number of ether oxygens (including phenoxy) is 1. The van der Waals surface area contributed by atoms with Crippen LogP contribution in [0.4, 0.5) is 14.6 Å². The number of nitrogens with zero attached hydrogens (tertiary/aromatic N) is 3. The highest BCUT2D eigenvalue weighted by Crippen LogP contribution is 2.34. The zero-order valence-corrected chi connectivity index (χ0v) is 17.1. The fourth-order valence-corrected chi connectivity index (χ4v) is 4.40. The maximum atomic E-state index is 15.3. The number of fused-ring (bicyclic) bond motifs is 1. The van der Waals surface area contributed by atoms with Gasteiger partial charge in [-0.3, -0.25) is 0 Å². The van der Waals surface area contributed by atoms with Crippen LogP contribution >= 0.6 is 0 Å². The molecule has 3 unspecified atom stereocenters. The summed E-state index contributed by atoms with van der Waals surface area (Å²) in [6.45, 7) is 1.94. The molecule has 3 atom stereocenters. The highest BCUT2D eigenvalue weighted by atomic mass is 19.1. The van der Waals surface area contributed by atoms with Crippen molar-refractivity contribution < 1.29 is 13.5 Å². The highest BCUT2D eigenvalue weighted by Gasteiger charge is 2.40. The first-order valence-corrected chi connectivity index (χ1v) is 10.4. The SMILES string of the molecule is COc1cccc(F)c1C1NNC(Nc2cnc3ccn(C4CCNCC4)c3n2)C1F. The molecule has 2 aliphatic heterocycles. The zero-order chi connectivity index (χ0) is 21.4. The molecule has 2 aromatic heterocycles. The van der Waals surface area contributed by atoms with E-state index in [0.717, 1.165) is 37.1 Å². The van der Waals surface area contributed by atoms with E-state index in [2.05, 4.69) is 31.0 Å². The summed E-state index contributed by atoms with van der Waals surface area (Å²) in [6.07, 6.45) is 3.35. The van der Waals surface area contributed by atoms with Crippen LogP contribution < -0.4 is 26.2 Å². The van der Waals surface area contributed by atoms with E-state index in [1.807, 2.05) is 12.3 Å². The molecule has 8 nitrogen and oxygen atoms in total. The molecule has 0 amide bonds. The van der Waals surface area contributed by atoms with Crippen LogP contribution in [0, 0.1) is 5.82 Å². The van der Waals surface area contributed by atoms with Crippen molar-refractivity contribution in [2.75, 3.05) is 25.5 Å². The number of hydrogen-bond acceptors (Lipinski definition) is 7. The Hall–Kier alpha value is -2.82. The third kappa shape index (κ3) is 3.71. The first-order valence-electron chi connectivity index (χ1n) is 10.4. The molecule has 2 saturated heterocycles. The van der Waals surface area contributed by atoms with Gasteiger partial charge in [-0.05, 0) is 44.1 Å². The standard InChI is InChI=1S/C21H25F2N7O/c1-31-15-4-2-3-13(22)17(15)19-18(23)20(29-28-19)26-16-11-25-14-7-10-30(21(14)27-16)12-5-8-24-9-6-12/h2-4,7,10-12,18-20,24,28-29H,5-6,8-9H2,1H3,(H,26,27). The number of aromatic nitrogens is 3. The second kappa shape index (κ2) is 8.37. The molecule has 2 aliphatic rings. The number of hydrazine groups is 1. The van der Waals surface area contributed by atoms with E-state index in [4.69, 9.17) is 9.72 Å². The van der Waals surface area contributed by atoms with Crippen LogP contribution in [0.3, 0.4) is 0 Å². The minimum Gasteiger partial charge on any atom is -0.496 e. The summed E-state index contributed by atoms with van der Waals surface area (Å²) < 4.78 is 37.1. The number of anilines is 1. The van der Waals surface area contributed by atoms with Crippen LogP contribution in [-0.4, -0.2) is 47.1 Å². The van der Waals surface area contributed by atoms with Crippen LogP contribution in [0.2, 0.25) is 0 Å². The predicted molar refractivity (Wildman–Crippen MR) is 113 cm³/mol. The second-order valence-electron chi connectivity index (χ2n) is 7.86. The average molecular weight is 429 g/mol. The van der Waals surface area contributed by atoms with E-state index in [9.17, 15) is 4.39 Å². The Morgan fingerprint density at radius 2 is 2.03 bits per heavy atom. The first kappa shape index (κ1) is 20.1. The lowest BCUT2D eigenvalue weighted by Gasteiger charge is -2.24. The van der Waals surface area contributed by atoms with Gasteiger partial charge in [0.1, 0.15) is 29.1 Å². The Labute approximate surface area is 178 Å². The van der Waals surface area contributed by atoms with Gasteiger partial charge in [-0.15, -0.1) is 0 Å². The molecule has 1 aromatic carbocycles. The summed E-state index contributed by atoms with van der Waals surface area (Å²) in [5.41, 5.74) is 7.41. The fraction of sp³-hybridized carbons (Fsp3) is 0.429. The van der Waals surface area contributed by atoms with Gasteiger partial charge in [0.05, 0.1) is 24.9 Å². The number of benzene rings is 1. The smallest absolute Gasteiger partial charge is 0.161 e. The number of hydrogen-bond donors (Lipinski definition) is 4. The van der Waals surface area contributed by atoms with Gasteiger partial charge < -0.3 is 19.9 Å². The van der Waals surface area contributed by atoms with Crippen molar-refractivity contribution in [1.82, 2.24) is 30.7 Å². The maximum absolute atomic E-state index is 15.3. The Balaban J connectivity index is 1.37. The molecular formula is C21H25F2N7O. The maximum Gasteiger partial charge on any atom is 0.161 e. The van der Waals surface area contributed by atoms with E-state index in [1.54, 1.807) is 12.3 Å². The van der Waals surface area contributed by atoms with E-state index >= 15 is 4.39 Å². The van der Waals surface area contributed by atoms with Crippen molar-refractivity contribution >= 4 is 17.0 Å². The van der Waals surface area contributed by atoms with Crippen LogP contribution in [0.15, 0.2) is 36.7 Å². The molecule has 3 aromatic rings. The van der Waals surface area contributed by atoms with Gasteiger partial charge in [0.2, 0.25) is 0 Å². The summed E-state index contributed by atoms with van der Waals surface area (Å²) in [4.78, 5) is 9.16. The molecule has 0 saturated carbocycles. The number of methoxy groups -OCH3 is 1. The minimum atomic E-state index is -1.47. The molecule has 31 heavy (non-hydrogen) atoms. The van der Waals surface area contributed by atoms with E-state index in [1.165, 1.54) is 19.2 Å². The van der Waals surface area contributed by atoms with Crippen molar-refractivity contribution in [1.29, 1.82) is 0 Å². The number of nitrogens with one attached hydrogen (secondary N) is 4. The molecular weight excluding hydrogens is 404 g/mol. The van der Waals surface area contributed by atoms with Gasteiger partial charge in [-0.2, -0.15) is 0 Å². The quantitative estimate of drug-likeness (QED) is 0.496. The first-order chi connectivity index (χ1) is 15.2. The average Bonchev–Trinajstić information content (AvgIpc) is 3.38. The highest BCUT2D eigenvalue weighted by molar-refractivity contribution is 5.73. The molecule has 4 N–H and O–H groups in total. The number of halogens is 2. The summed E-state index contributed by atoms with van der Waals surface area (Å²) in [5.74, 6) is 0.219. The summed E-state index contributed by atoms with van der Waals surface area (Å²) >= 11 is 0. The second-order valence-corrected chi connectivity index (χ2v) is 7.86. The minimum absolute atomic E-state index is 0.149. The van der Waals surface area contributed by atoms with E-state index < -0.39 is 24.2 Å². The van der Waals surface area contributed by atoms with Crippen molar-refractivity contribution in [3.05, 3.63) is 48.0 Å². The van der Waals surface area contributed by atoms with Crippen LogP contribution in [0.1, 0.15) is 30.5 Å². The lowest BCUT2D eigenvalue weighted by atomic mass is 10.0. The molecule has 0 spiro atoms. The Morgan fingerprint density at radius 1 is 1.19 bits per heavy atom. The lowest BCUT2D eigenvalue weighted by Crippen LogP contribution is -2.39. The van der Waals surface area contributed by atoms with E-state index in [0.29, 0.717) is 17.6 Å². The number of alkyl halides is 1. The molecule has 0 bridgehead atoms. The van der Waals surface area contributed by atoms with E-state index in [-0.39, 0.29) is 5.56 Å². The van der Waals surface area contributed by atoms with Crippen LogP contribution in [-0.2, 0) is 0 Å².